The Morgan fingerprint density at radius 3 is 2.94 bits per heavy atom. The molecule has 3 unspecified atom stereocenters. The van der Waals surface area contributed by atoms with Crippen LogP contribution in [0, 0.1) is 12.8 Å². The average molecular weight is 238 g/mol. The van der Waals surface area contributed by atoms with Gasteiger partial charge in [-0.15, -0.1) is 11.3 Å². The molecule has 0 aromatic carbocycles. The van der Waals surface area contributed by atoms with Crippen molar-refractivity contribution in [3.05, 3.63) is 16.1 Å². The molecule has 1 aliphatic rings. The van der Waals surface area contributed by atoms with Gasteiger partial charge >= 0.3 is 0 Å². The maximum atomic E-state index is 4.45. The lowest BCUT2D eigenvalue weighted by Gasteiger charge is -2.17. The molecule has 1 aromatic rings. The molecule has 16 heavy (non-hydrogen) atoms. The summed E-state index contributed by atoms with van der Waals surface area (Å²) in [6.07, 6.45) is 7.40. The van der Waals surface area contributed by atoms with Crippen LogP contribution in [-0.2, 0) is 0 Å². The molecular weight excluding hydrogens is 216 g/mol. The lowest BCUT2D eigenvalue weighted by atomic mass is 10.1. The molecule has 0 aliphatic heterocycles. The van der Waals surface area contributed by atoms with E-state index in [4.69, 9.17) is 0 Å². The standard InChI is InChI=1S/C13H22N2S/c1-4-11-5-6-12(7-11)15-10(3)13-14-8-9(2)16-13/h8,10-12,15H,4-7H2,1-3H3. The molecule has 1 heterocycles. The topological polar surface area (TPSA) is 24.9 Å². The zero-order chi connectivity index (χ0) is 11.5. The summed E-state index contributed by atoms with van der Waals surface area (Å²) in [6.45, 7) is 6.66. The third-order valence-corrected chi connectivity index (χ3v) is 4.71. The molecule has 0 amide bonds. The summed E-state index contributed by atoms with van der Waals surface area (Å²) in [5, 5.41) is 4.95. The molecule has 2 nitrogen and oxygen atoms in total. The van der Waals surface area contributed by atoms with Gasteiger partial charge in [-0.3, -0.25) is 0 Å². The second kappa shape index (κ2) is 5.28. The normalized spacial score (nSPS) is 27.2. The number of rotatable bonds is 4. The number of thiazole rings is 1. The zero-order valence-corrected chi connectivity index (χ0v) is 11.3. The first kappa shape index (κ1) is 12.1. The fraction of sp³-hybridized carbons (Fsp3) is 0.769. The van der Waals surface area contributed by atoms with Crippen LogP contribution in [0.5, 0.6) is 0 Å². The van der Waals surface area contributed by atoms with E-state index in [1.54, 1.807) is 0 Å². The Balaban J connectivity index is 1.86. The molecular formula is C13H22N2S. The Morgan fingerprint density at radius 2 is 2.38 bits per heavy atom. The first-order valence-electron chi connectivity index (χ1n) is 6.37. The summed E-state index contributed by atoms with van der Waals surface area (Å²) in [5.74, 6) is 0.947. The summed E-state index contributed by atoms with van der Waals surface area (Å²) in [7, 11) is 0. The molecule has 3 heteroatoms. The summed E-state index contributed by atoms with van der Waals surface area (Å²) >= 11 is 1.81. The Hall–Kier alpha value is -0.410. The van der Waals surface area contributed by atoms with Crippen molar-refractivity contribution in [3.63, 3.8) is 0 Å². The number of hydrogen-bond acceptors (Lipinski definition) is 3. The number of nitrogens with zero attached hydrogens (tertiary/aromatic N) is 1. The third-order valence-electron chi connectivity index (χ3n) is 3.61. The van der Waals surface area contributed by atoms with Crippen molar-refractivity contribution in [1.82, 2.24) is 10.3 Å². The molecule has 1 fully saturated rings. The van der Waals surface area contributed by atoms with E-state index in [2.05, 4.69) is 31.1 Å². The second-order valence-corrected chi connectivity index (χ2v) is 6.25. The monoisotopic (exact) mass is 238 g/mol. The van der Waals surface area contributed by atoms with Crippen molar-refractivity contribution in [2.45, 2.75) is 58.5 Å². The lowest BCUT2D eigenvalue weighted by Crippen LogP contribution is -2.29. The molecule has 0 radical (unpaired) electrons. The molecule has 0 bridgehead atoms. The van der Waals surface area contributed by atoms with Gasteiger partial charge in [-0.1, -0.05) is 13.3 Å². The van der Waals surface area contributed by atoms with Gasteiger partial charge in [0.1, 0.15) is 5.01 Å². The van der Waals surface area contributed by atoms with Crippen molar-refractivity contribution in [2.24, 2.45) is 5.92 Å². The van der Waals surface area contributed by atoms with Crippen molar-refractivity contribution >= 4 is 11.3 Å². The van der Waals surface area contributed by atoms with Gasteiger partial charge < -0.3 is 5.32 Å². The largest absolute Gasteiger partial charge is 0.305 e. The number of hydrogen-bond donors (Lipinski definition) is 1. The lowest BCUT2D eigenvalue weighted by molar-refractivity contribution is 0.437. The fourth-order valence-electron chi connectivity index (χ4n) is 2.59. The maximum Gasteiger partial charge on any atom is 0.109 e. The first-order valence-corrected chi connectivity index (χ1v) is 7.19. The Bertz CT molecular complexity index is 334. The van der Waals surface area contributed by atoms with Gasteiger partial charge in [0.15, 0.2) is 0 Å². The molecule has 90 valence electrons. The third kappa shape index (κ3) is 2.83. The molecule has 1 aromatic heterocycles. The number of aromatic nitrogens is 1. The predicted octanol–water partition coefficient (Wildman–Crippen LogP) is 3.68. The van der Waals surface area contributed by atoms with Gasteiger partial charge in [0, 0.05) is 17.1 Å². The average Bonchev–Trinajstić information content (AvgIpc) is 2.87. The fourth-order valence-corrected chi connectivity index (χ4v) is 3.38. The van der Waals surface area contributed by atoms with Crippen LogP contribution >= 0.6 is 11.3 Å². The minimum atomic E-state index is 0.416. The summed E-state index contributed by atoms with van der Waals surface area (Å²) in [6, 6.07) is 1.13. The van der Waals surface area contributed by atoms with Crippen LogP contribution in [0.25, 0.3) is 0 Å². The zero-order valence-electron chi connectivity index (χ0n) is 10.5. The van der Waals surface area contributed by atoms with E-state index in [0.29, 0.717) is 12.1 Å². The highest BCUT2D eigenvalue weighted by Crippen LogP contribution is 2.30. The number of nitrogens with one attached hydrogen (secondary N) is 1. The summed E-state index contributed by atoms with van der Waals surface area (Å²) in [4.78, 5) is 5.76. The van der Waals surface area contributed by atoms with Crippen molar-refractivity contribution in [3.8, 4) is 0 Å². The van der Waals surface area contributed by atoms with E-state index in [1.807, 2.05) is 17.5 Å². The van der Waals surface area contributed by atoms with Crippen LogP contribution in [0.15, 0.2) is 6.20 Å². The van der Waals surface area contributed by atoms with Gasteiger partial charge in [-0.25, -0.2) is 4.98 Å². The van der Waals surface area contributed by atoms with Crippen molar-refractivity contribution < 1.29 is 0 Å². The van der Waals surface area contributed by atoms with Crippen molar-refractivity contribution in [2.75, 3.05) is 0 Å². The number of aryl methyl sites for hydroxylation is 1. The summed E-state index contributed by atoms with van der Waals surface area (Å²) < 4.78 is 0. The van der Waals surface area contributed by atoms with E-state index < -0.39 is 0 Å². The second-order valence-electron chi connectivity index (χ2n) is 4.98. The van der Waals surface area contributed by atoms with Crippen LogP contribution < -0.4 is 5.32 Å². The van der Waals surface area contributed by atoms with Gasteiger partial charge in [0.05, 0.1) is 6.04 Å². The Kier molecular flexibility index (Phi) is 3.98. The van der Waals surface area contributed by atoms with Gasteiger partial charge in [-0.2, -0.15) is 0 Å². The van der Waals surface area contributed by atoms with Crippen LogP contribution in [0.1, 0.15) is 55.5 Å². The molecule has 0 spiro atoms. The molecule has 0 saturated heterocycles. The highest BCUT2D eigenvalue weighted by molar-refractivity contribution is 7.11. The molecule has 3 atom stereocenters. The van der Waals surface area contributed by atoms with E-state index >= 15 is 0 Å². The highest BCUT2D eigenvalue weighted by Gasteiger charge is 2.25. The van der Waals surface area contributed by atoms with E-state index in [-0.39, 0.29) is 0 Å². The Morgan fingerprint density at radius 1 is 1.56 bits per heavy atom. The minimum Gasteiger partial charge on any atom is -0.305 e. The van der Waals surface area contributed by atoms with E-state index in [1.165, 1.54) is 35.6 Å². The quantitative estimate of drug-likeness (QED) is 0.865. The van der Waals surface area contributed by atoms with E-state index in [9.17, 15) is 0 Å². The molecule has 2 rings (SSSR count). The smallest absolute Gasteiger partial charge is 0.109 e. The van der Waals surface area contributed by atoms with Crippen LogP contribution in [0.2, 0.25) is 0 Å². The van der Waals surface area contributed by atoms with Gasteiger partial charge in [0.25, 0.3) is 0 Å². The van der Waals surface area contributed by atoms with Crippen molar-refractivity contribution in [1.29, 1.82) is 0 Å². The summed E-state index contributed by atoms with van der Waals surface area (Å²) in [5.41, 5.74) is 0. The Labute approximate surface area is 102 Å². The maximum absolute atomic E-state index is 4.45. The molecule has 1 aliphatic carbocycles. The van der Waals surface area contributed by atoms with Crippen LogP contribution in [0.3, 0.4) is 0 Å². The van der Waals surface area contributed by atoms with Gasteiger partial charge in [0.2, 0.25) is 0 Å². The predicted molar refractivity (Wildman–Crippen MR) is 69.8 cm³/mol. The SMILES string of the molecule is CCC1CCC(NC(C)c2ncc(C)s2)C1. The minimum absolute atomic E-state index is 0.416. The highest BCUT2D eigenvalue weighted by atomic mass is 32.1. The first-order chi connectivity index (χ1) is 7.69. The molecule has 1 saturated carbocycles. The van der Waals surface area contributed by atoms with Crippen LogP contribution in [-0.4, -0.2) is 11.0 Å². The van der Waals surface area contributed by atoms with E-state index in [0.717, 1.165) is 5.92 Å². The van der Waals surface area contributed by atoms with Gasteiger partial charge in [-0.05, 0) is 39.0 Å². The molecule has 1 N–H and O–H groups in total. The van der Waals surface area contributed by atoms with Crippen LogP contribution in [0.4, 0.5) is 0 Å².